The highest BCUT2D eigenvalue weighted by atomic mass is 16.5. The van der Waals surface area contributed by atoms with Crippen LogP contribution in [0.1, 0.15) is 71.1 Å². The topological polar surface area (TPSA) is 79.3 Å². The number of ether oxygens (including phenoxy) is 2. The highest BCUT2D eigenvalue weighted by Crippen LogP contribution is 2.29. The molecule has 0 bridgehead atoms. The van der Waals surface area contributed by atoms with Crippen LogP contribution in [0.5, 0.6) is 11.5 Å². The van der Waals surface area contributed by atoms with E-state index in [0.29, 0.717) is 31.2 Å². The van der Waals surface area contributed by atoms with Gasteiger partial charge in [-0.1, -0.05) is 58.4 Å². The van der Waals surface area contributed by atoms with Crippen molar-refractivity contribution >= 4 is 12.0 Å². The molecule has 0 aliphatic carbocycles. The molecule has 0 spiro atoms. The van der Waals surface area contributed by atoms with E-state index in [9.17, 15) is 14.7 Å². The van der Waals surface area contributed by atoms with Crippen molar-refractivity contribution in [2.45, 2.75) is 84.4 Å². The Morgan fingerprint density at radius 2 is 1.76 bits per heavy atom. The summed E-state index contributed by atoms with van der Waals surface area (Å²) in [7, 11) is 1.85. The maximum absolute atomic E-state index is 12.9. The summed E-state index contributed by atoms with van der Waals surface area (Å²) in [6.07, 6.45) is 2.37. The fourth-order valence-electron chi connectivity index (χ4n) is 4.42. The molecule has 1 heterocycles. The van der Waals surface area contributed by atoms with Crippen LogP contribution in [0, 0.1) is 0 Å². The lowest BCUT2D eigenvalue weighted by molar-refractivity contribution is -0.152. The molecule has 3 rings (SSSR count). The standard InChI is InChI=1S/C30H42N2O5/c1-8-9-22-18-25(14-15-26(22)37-30(5,6)27(33)34)36-17-16-24-20-32(28(35)31(24)7)19-21-10-12-23(13-11-21)29(2,3)4/h10-15,18,24H,8-9,16-17,19-20H2,1-7H3,(H,33,34). The Bertz CT molecular complexity index is 1090. The summed E-state index contributed by atoms with van der Waals surface area (Å²) in [4.78, 5) is 28.0. The van der Waals surface area contributed by atoms with Crippen molar-refractivity contribution < 1.29 is 24.2 Å². The van der Waals surface area contributed by atoms with Crippen LogP contribution in [0.15, 0.2) is 42.5 Å². The van der Waals surface area contributed by atoms with Crippen molar-refractivity contribution in [1.29, 1.82) is 0 Å². The quantitative estimate of drug-likeness (QED) is 0.408. The van der Waals surface area contributed by atoms with Gasteiger partial charge in [0.15, 0.2) is 5.60 Å². The van der Waals surface area contributed by atoms with E-state index >= 15 is 0 Å². The van der Waals surface area contributed by atoms with Crippen molar-refractivity contribution in [3.8, 4) is 11.5 Å². The molecule has 2 aromatic carbocycles. The molecule has 1 N–H and O–H groups in total. The average Bonchev–Trinajstić information content (AvgIpc) is 3.08. The van der Waals surface area contributed by atoms with Crippen LogP contribution in [0.4, 0.5) is 4.79 Å². The Kier molecular flexibility index (Phi) is 8.77. The fraction of sp³-hybridized carbons (Fsp3) is 0.533. The molecule has 202 valence electrons. The minimum atomic E-state index is -1.31. The Hall–Kier alpha value is -3.22. The highest BCUT2D eigenvalue weighted by molar-refractivity contribution is 5.77. The summed E-state index contributed by atoms with van der Waals surface area (Å²) >= 11 is 0. The molecular weight excluding hydrogens is 468 g/mol. The summed E-state index contributed by atoms with van der Waals surface area (Å²) in [6.45, 7) is 13.5. The number of nitrogens with zero attached hydrogens (tertiary/aromatic N) is 2. The number of urea groups is 1. The maximum atomic E-state index is 12.9. The molecule has 7 nitrogen and oxygen atoms in total. The van der Waals surface area contributed by atoms with Gasteiger partial charge in [0.05, 0.1) is 12.6 Å². The van der Waals surface area contributed by atoms with Crippen LogP contribution in [0.3, 0.4) is 0 Å². The van der Waals surface area contributed by atoms with E-state index in [4.69, 9.17) is 9.47 Å². The summed E-state index contributed by atoms with van der Waals surface area (Å²) in [5, 5.41) is 9.40. The van der Waals surface area contributed by atoms with Gasteiger partial charge in [0.25, 0.3) is 0 Å². The first-order chi connectivity index (χ1) is 17.3. The number of hydrogen-bond donors (Lipinski definition) is 1. The Morgan fingerprint density at radius 1 is 1.08 bits per heavy atom. The molecule has 1 unspecified atom stereocenters. The van der Waals surface area contributed by atoms with Crippen LogP contribution in [-0.4, -0.2) is 58.7 Å². The molecule has 2 aromatic rings. The Labute approximate surface area is 221 Å². The van der Waals surface area contributed by atoms with Gasteiger partial charge in [-0.3, -0.25) is 0 Å². The minimum absolute atomic E-state index is 0.0395. The van der Waals surface area contributed by atoms with E-state index in [1.165, 1.54) is 5.56 Å². The number of rotatable bonds is 11. The monoisotopic (exact) mass is 510 g/mol. The summed E-state index contributed by atoms with van der Waals surface area (Å²) in [5.41, 5.74) is 2.12. The lowest BCUT2D eigenvalue weighted by Gasteiger charge is -2.24. The number of carbonyl (C=O) groups excluding carboxylic acids is 1. The van der Waals surface area contributed by atoms with Crippen molar-refractivity contribution in [3.63, 3.8) is 0 Å². The largest absolute Gasteiger partial charge is 0.494 e. The van der Waals surface area contributed by atoms with E-state index in [1.54, 1.807) is 24.8 Å². The van der Waals surface area contributed by atoms with E-state index in [1.807, 2.05) is 24.1 Å². The van der Waals surface area contributed by atoms with Crippen molar-refractivity contribution in [2.75, 3.05) is 20.2 Å². The molecule has 1 atom stereocenters. The van der Waals surface area contributed by atoms with E-state index in [2.05, 4.69) is 52.0 Å². The van der Waals surface area contributed by atoms with Crippen molar-refractivity contribution in [2.24, 2.45) is 0 Å². The van der Waals surface area contributed by atoms with Gasteiger partial charge in [0.2, 0.25) is 0 Å². The van der Waals surface area contributed by atoms with E-state index in [-0.39, 0.29) is 17.5 Å². The number of aliphatic carboxylic acids is 1. The predicted molar refractivity (Wildman–Crippen MR) is 145 cm³/mol. The van der Waals surface area contributed by atoms with Gasteiger partial charge in [-0.15, -0.1) is 0 Å². The van der Waals surface area contributed by atoms with Gasteiger partial charge in [-0.25, -0.2) is 9.59 Å². The van der Waals surface area contributed by atoms with Crippen LogP contribution in [0.25, 0.3) is 0 Å². The molecule has 1 aliphatic heterocycles. The molecule has 1 fully saturated rings. The normalized spacial score (nSPS) is 16.3. The Balaban J connectivity index is 1.57. The van der Waals surface area contributed by atoms with Gasteiger partial charge in [-0.2, -0.15) is 0 Å². The molecule has 0 saturated carbocycles. The first kappa shape index (κ1) is 28.4. The van der Waals surface area contributed by atoms with Crippen LogP contribution < -0.4 is 9.47 Å². The number of hydrogen-bond acceptors (Lipinski definition) is 4. The van der Waals surface area contributed by atoms with Crippen LogP contribution in [-0.2, 0) is 23.2 Å². The van der Waals surface area contributed by atoms with E-state index in [0.717, 1.165) is 30.4 Å². The third-order valence-electron chi connectivity index (χ3n) is 6.90. The van der Waals surface area contributed by atoms with Crippen LogP contribution >= 0.6 is 0 Å². The number of carboxylic acids is 1. The average molecular weight is 511 g/mol. The first-order valence-corrected chi connectivity index (χ1v) is 13.1. The second kappa shape index (κ2) is 11.4. The first-order valence-electron chi connectivity index (χ1n) is 13.1. The molecule has 2 amide bonds. The molecule has 1 saturated heterocycles. The van der Waals surface area contributed by atoms with Crippen LogP contribution in [0.2, 0.25) is 0 Å². The zero-order valence-corrected chi connectivity index (χ0v) is 23.3. The smallest absolute Gasteiger partial charge is 0.347 e. The molecule has 0 aromatic heterocycles. The second-order valence-corrected chi connectivity index (χ2v) is 11.4. The summed E-state index contributed by atoms with van der Waals surface area (Å²) < 4.78 is 11.8. The number of carbonyl (C=O) groups is 2. The summed E-state index contributed by atoms with van der Waals surface area (Å²) in [6, 6.07) is 14.2. The highest BCUT2D eigenvalue weighted by Gasteiger charge is 2.34. The lowest BCUT2D eigenvalue weighted by atomic mass is 9.87. The number of benzene rings is 2. The van der Waals surface area contributed by atoms with Crippen molar-refractivity contribution in [1.82, 2.24) is 9.80 Å². The van der Waals surface area contributed by atoms with Crippen molar-refractivity contribution in [3.05, 3.63) is 59.2 Å². The zero-order valence-electron chi connectivity index (χ0n) is 23.3. The zero-order chi connectivity index (χ0) is 27.4. The number of aryl methyl sites for hydroxylation is 1. The lowest BCUT2D eigenvalue weighted by Crippen LogP contribution is -2.38. The van der Waals surface area contributed by atoms with Gasteiger partial charge in [0.1, 0.15) is 11.5 Å². The predicted octanol–water partition coefficient (Wildman–Crippen LogP) is 5.88. The summed E-state index contributed by atoms with van der Waals surface area (Å²) in [5.74, 6) is 0.266. The number of amides is 2. The molecule has 0 radical (unpaired) electrons. The fourth-order valence-corrected chi connectivity index (χ4v) is 4.42. The Morgan fingerprint density at radius 3 is 2.35 bits per heavy atom. The molecule has 7 heteroatoms. The van der Waals surface area contributed by atoms with E-state index < -0.39 is 11.6 Å². The number of carboxylic acid groups (broad SMARTS) is 1. The second-order valence-electron chi connectivity index (χ2n) is 11.4. The molecule has 1 aliphatic rings. The van der Waals surface area contributed by atoms with Gasteiger partial charge >= 0.3 is 12.0 Å². The maximum Gasteiger partial charge on any atom is 0.347 e. The third-order valence-corrected chi connectivity index (χ3v) is 6.90. The van der Waals surface area contributed by atoms with Gasteiger partial charge < -0.3 is 24.4 Å². The number of likely N-dealkylation sites (N-methyl/N-ethyl adjacent to an activating group) is 1. The van der Waals surface area contributed by atoms with Gasteiger partial charge in [0, 0.05) is 26.6 Å². The third kappa shape index (κ3) is 7.18. The van der Waals surface area contributed by atoms with Gasteiger partial charge in [-0.05, 0) is 60.6 Å². The SMILES string of the molecule is CCCc1cc(OCCC2CN(Cc3ccc(C(C)(C)C)cc3)C(=O)N2C)ccc1OC(C)(C)C(=O)O. The molecular formula is C30H42N2O5. The minimum Gasteiger partial charge on any atom is -0.494 e. The molecule has 37 heavy (non-hydrogen) atoms.